The molecule has 0 aromatic heterocycles. The van der Waals surface area contributed by atoms with E-state index in [0.717, 1.165) is 18.4 Å². The Kier molecular flexibility index (Phi) is 3.35. The minimum atomic E-state index is -1.62. The number of allylic oxidation sites excluding steroid dienone is 1. The lowest BCUT2D eigenvalue weighted by atomic mass is 9.23. The van der Waals surface area contributed by atoms with Crippen LogP contribution in [0.3, 0.4) is 0 Å². The number of ketones is 1. The number of aliphatic hydroxyl groups excluding tert-OH is 2. The number of fused-ring (bicyclic) bond motifs is 1. The van der Waals surface area contributed by atoms with Crippen LogP contribution in [0.15, 0.2) is 24.3 Å². The molecule has 7 rings (SSSR count). The van der Waals surface area contributed by atoms with E-state index in [2.05, 4.69) is 6.58 Å². The van der Waals surface area contributed by atoms with E-state index >= 15 is 0 Å². The summed E-state index contributed by atoms with van der Waals surface area (Å²) in [5, 5.41) is 33.4. The van der Waals surface area contributed by atoms with Crippen LogP contribution in [0.25, 0.3) is 0 Å². The maximum atomic E-state index is 13.8. The van der Waals surface area contributed by atoms with E-state index in [0.29, 0.717) is 6.61 Å². The minimum Gasteiger partial charge on any atom is -0.388 e. The molecule has 6 heteroatoms. The van der Waals surface area contributed by atoms with Gasteiger partial charge in [-0.3, -0.25) is 4.79 Å². The lowest BCUT2D eigenvalue weighted by Crippen LogP contribution is -2.91. The zero-order valence-corrected chi connectivity index (χ0v) is 18.1. The van der Waals surface area contributed by atoms with Gasteiger partial charge in [0.1, 0.15) is 6.10 Å². The summed E-state index contributed by atoms with van der Waals surface area (Å²) in [5.41, 5.74) is -1.17. The number of rotatable bonds is 2. The Balaban J connectivity index is 1.62. The van der Waals surface area contributed by atoms with Crippen molar-refractivity contribution in [3.05, 3.63) is 24.3 Å². The second-order valence-corrected chi connectivity index (χ2v) is 11.7. The first kappa shape index (κ1) is 19.6. The van der Waals surface area contributed by atoms with Crippen LogP contribution in [0, 0.1) is 45.8 Å². The van der Waals surface area contributed by atoms with Crippen LogP contribution in [0.1, 0.15) is 40.5 Å². The number of aliphatic hydroxyl groups is 3. The molecule has 0 radical (unpaired) electrons. The van der Waals surface area contributed by atoms with Gasteiger partial charge in [-0.25, -0.2) is 0 Å². The SMILES string of the molecule is C=C1C2C(=O)[C@]34[C@H]2[C@H]1CC[C@H]3[C@]12C=C[C@H](O)C(C)(C)[C@H]1[C@H](O)[C@@]4(OC(C)(C)O)OC2. The zero-order valence-electron chi connectivity index (χ0n) is 18.1. The minimum absolute atomic E-state index is 0.0368. The van der Waals surface area contributed by atoms with Gasteiger partial charge in [0, 0.05) is 22.7 Å². The van der Waals surface area contributed by atoms with Crippen LogP contribution in [0.4, 0.5) is 0 Å². The molecule has 2 spiro atoms. The summed E-state index contributed by atoms with van der Waals surface area (Å²) in [6, 6.07) is 0. The van der Waals surface area contributed by atoms with E-state index in [1.165, 1.54) is 13.8 Å². The first-order valence-electron chi connectivity index (χ1n) is 11.2. The average molecular weight is 417 g/mol. The van der Waals surface area contributed by atoms with Crippen LogP contribution in [-0.2, 0) is 14.3 Å². The maximum Gasteiger partial charge on any atom is 0.211 e. The highest BCUT2D eigenvalue weighted by atomic mass is 16.8. The Bertz CT molecular complexity index is 900. The first-order valence-corrected chi connectivity index (χ1v) is 11.2. The Labute approximate surface area is 176 Å². The van der Waals surface area contributed by atoms with Crippen molar-refractivity contribution in [3.63, 3.8) is 0 Å². The Morgan fingerprint density at radius 1 is 1.27 bits per heavy atom. The molecule has 2 bridgehead atoms. The number of Topliss-reactive ketones (excluding diaryl/α,β-unsaturated/α-hetero) is 1. The van der Waals surface area contributed by atoms with Gasteiger partial charge in [-0.1, -0.05) is 38.2 Å². The molecule has 5 aliphatic carbocycles. The average Bonchev–Trinajstić information content (AvgIpc) is 2.63. The molecule has 0 aromatic carbocycles. The lowest BCUT2D eigenvalue weighted by Gasteiger charge is -2.83. The number of carbonyl (C=O) groups excluding carboxylic acids is 1. The second kappa shape index (κ2) is 5.12. The van der Waals surface area contributed by atoms with Crippen molar-refractivity contribution in [1.82, 2.24) is 0 Å². The Morgan fingerprint density at radius 2 is 1.97 bits per heavy atom. The van der Waals surface area contributed by atoms with Gasteiger partial charge in [-0.05, 0) is 44.4 Å². The number of hydrogen-bond acceptors (Lipinski definition) is 6. The fourth-order valence-electron chi connectivity index (χ4n) is 8.94. The van der Waals surface area contributed by atoms with E-state index in [4.69, 9.17) is 9.47 Å². The van der Waals surface area contributed by atoms with Gasteiger partial charge < -0.3 is 24.8 Å². The van der Waals surface area contributed by atoms with Gasteiger partial charge in [0.05, 0.1) is 18.1 Å². The normalized spacial score (nSPS) is 57.1. The van der Waals surface area contributed by atoms with Crippen LogP contribution < -0.4 is 0 Å². The van der Waals surface area contributed by atoms with E-state index < -0.39 is 40.0 Å². The van der Waals surface area contributed by atoms with Gasteiger partial charge in [0.15, 0.2) is 11.6 Å². The molecule has 6 fully saturated rings. The number of ether oxygens (including phenoxy) is 2. The number of hydrogen-bond donors (Lipinski definition) is 3. The van der Waals surface area contributed by atoms with Gasteiger partial charge in [-0.15, -0.1) is 0 Å². The third-order valence-electron chi connectivity index (χ3n) is 9.80. The van der Waals surface area contributed by atoms with Crippen molar-refractivity contribution in [2.24, 2.45) is 45.8 Å². The summed E-state index contributed by atoms with van der Waals surface area (Å²) in [5.74, 6) is -3.49. The fourth-order valence-corrected chi connectivity index (χ4v) is 8.94. The quantitative estimate of drug-likeness (QED) is 0.469. The molecule has 0 aromatic rings. The second-order valence-electron chi connectivity index (χ2n) is 11.7. The van der Waals surface area contributed by atoms with E-state index in [1.807, 2.05) is 26.0 Å². The van der Waals surface area contributed by atoms with Crippen molar-refractivity contribution in [3.8, 4) is 0 Å². The molecule has 6 nitrogen and oxygen atoms in total. The van der Waals surface area contributed by atoms with Gasteiger partial charge >= 0.3 is 0 Å². The molecule has 0 amide bonds. The van der Waals surface area contributed by atoms with Crippen molar-refractivity contribution in [2.45, 2.75) is 64.3 Å². The van der Waals surface area contributed by atoms with Crippen molar-refractivity contribution >= 4 is 5.78 Å². The summed E-state index contributed by atoms with van der Waals surface area (Å²) in [7, 11) is 0. The molecule has 7 aliphatic rings. The van der Waals surface area contributed by atoms with Gasteiger partial charge in [0.25, 0.3) is 0 Å². The molecular formula is C24H32O6. The van der Waals surface area contributed by atoms with E-state index in [1.54, 1.807) is 0 Å². The summed E-state index contributed by atoms with van der Waals surface area (Å²) >= 11 is 0. The van der Waals surface area contributed by atoms with Crippen LogP contribution in [0.2, 0.25) is 0 Å². The molecular weight excluding hydrogens is 384 g/mol. The molecule has 10 atom stereocenters. The highest BCUT2D eigenvalue weighted by Gasteiger charge is 2.91. The van der Waals surface area contributed by atoms with Gasteiger partial charge in [0.2, 0.25) is 5.79 Å². The van der Waals surface area contributed by atoms with Crippen LogP contribution >= 0.6 is 0 Å². The molecule has 164 valence electrons. The Hall–Kier alpha value is -1.05. The smallest absolute Gasteiger partial charge is 0.211 e. The van der Waals surface area contributed by atoms with E-state index in [-0.39, 0.29) is 35.4 Å². The number of carbonyl (C=O) groups is 1. The monoisotopic (exact) mass is 416 g/mol. The predicted molar refractivity (Wildman–Crippen MR) is 107 cm³/mol. The van der Waals surface area contributed by atoms with Gasteiger partial charge in [-0.2, -0.15) is 0 Å². The molecule has 2 saturated heterocycles. The van der Waals surface area contributed by atoms with Crippen molar-refractivity contribution < 1.29 is 29.6 Å². The molecule has 2 aliphatic heterocycles. The molecule has 3 N–H and O–H groups in total. The third-order valence-corrected chi connectivity index (χ3v) is 9.80. The van der Waals surface area contributed by atoms with Crippen molar-refractivity contribution in [1.29, 1.82) is 0 Å². The zero-order chi connectivity index (χ0) is 21.6. The fraction of sp³-hybridized carbons (Fsp3) is 0.792. The van der Waals surface area contributed by atoms with Crippen LogP contribution in [0.5, 0.6) is 0 Å². The highest BCUT2D eigenvalue weighted by molar-refractivity contribution is 6.01. The molecule has 4 saturated carbocycles. The molecule has 30 heavy (non-hydrogen) atoms. The van der Waals surface area contributed by atoms with E-state index in [9.17, 15) is 20.1 Å². The van der Waals surface area contributed by atoms with Crippen LogP contribution in [-0.4, -0.2) is 51.5 Å². The third kappa shape index (κ3) is 1.68. The summed E-state index contributed by atoms with van der Waals surface area (Å²) < 4.78 is 12.6. The standard InChI is InChI=1S/C24H32O6/c1-11-12-6-7-13-22-9-8-14(25)20(2,3)17(22)19(27)24(29-10-22,30-21(4,5)28)23(13)16(12)15(11)18(23)26/h8-9,12-17,19,25,27-28H,1,6-7,10H2,2-5H3/t12-,13-,14-,15?,16-,17+,19-,22+,23+,24-/m0/s1. The van der Waals surface area contributed by atoms with Crippen molar-refractivity contribution in [2.75, 3.05) is 6.61 Å². The molecule has 2 heterocycles. The maximum absolute atomic E-state index is 13.8. The highest BCUT2D eigenvalue weighted by Crippen LogP contribution is 2.83. The first-order chi connectivity index (χ1) is 13.9. The Morgan fingerprint density at radius 3 is 2.63 bits per heavy atom. The summed E-state index contributed by atoms with van der Waals surface area (Å²) in [6.45, 7) is 11.4. The summed E-state index contributed by atoms with van der Waals surface area (Å²) in [6.07, 6.45) is 3.76. The summed E-state index contributed by atoms with van der Waals surface area (Å²) in [4.78, 5) is 13.8. The topological polar surface area (TPSA) is 96.2 Å². The molecule has 1 unspecified atom stereocenters. The largest absolute Gasteiger partial charge is 0.388 e. The predicted octanol–water partition coefficient (Wildman–Crippen LogP) is 1.79. The lowest BCUT2D eigenvalue weighted by molar-refractivity contribution is -0.495.